The standard InChI is InChI=1S/C24H18F6N6O/c1-36-11-18(24(28,29)30)34-21(36)14-8-6-13(7-9-14)12-37-22-19(32)17(10-31)33-20(35-22)15-4-2-3-5-16(15)23(25,26)27/h2-11,31H,12,32H2,1H3. The van der Waals surface area contributed by atoms with Crippen LogP contribution in [0.15, 0.2) is 54.7 Å². The quantitative estimate of drug-likeness (QED) is 0.249. The predicted octanol–water partition coefficient (Wildman–Crippen LogP) is 5.74. The first-order chi connectivity index (χ1) is 17.4. The normalized spacial score (nSPS) is 12.0. The predicted molar refractivity (Wildman–Crippen MR) is 123 cm³/mol. The fraction of sp³-hybridized carbons (Fsp3) is 0.167. The van der Waals surface area contributed by atoms with Crippen LogP contribution in [-0.2, 0) is 26.0 Å². The van der Waals surface area contributed by atoms with Crippen LogP contribution in [0, 0.1) is 5.41 Å². The molecule has 3 N–H and O–H groups in total. The topological polar surface area (TPSA) is 103 Å². The number of hydrogen-bond acceptors (Lipinski definition) is 6. The van der Waals surface area contributed by atoms with Gasteiger partial charge in [-0.25, -0.2) is 9.97 Å². The van der Waals surface area contributed by atoms with Crippen LogP contribution in [-0.4, -0.2) is 25.7 Å². The Morgan fingerprint density at radius 2 is 1.62 bits per heavy atom. The highest BCUT2D eigenvalue weighted by Crippen LogP contribution is 2.37. The first-order valence-corrected chi connectivity index (χ1v) is 10.6. The zero-order valence-electron chi connectivity index (χ0n) is 19.0. The number of aromatic nitrogens is 4. The smallest absolute Gasteiger partial charge is 0.434 e. The minimum Gasteiger partial charge on any atom is -0.471 e. The van der Waals surface area contributed by atoms with Gasteiger partial charge in [-0.15, -0.1) is 0 Å². The molecular weight excluding hydrogens is 502 g/mol. The van der Waals surface area contributed by atoms with Gasteiger partial charge in [0.05, 0.1) is 5.56 Å². The summed E-state index contributed by atoms with van der Waals surface area (Å²) in [4.78, 5) is 11.7. The van der Waals surface area contributed by atoms with Crippen molar-refractivity contribution < 1.29 is 31.1 Å². The summed E-state index contributed by atoms with van der Waals surface area (Å²) in [5.74, 6) is -0.423. The molecule has 2 heterocycles. The SMILES string of the molecule is Cn1cc(C(F)(F)F)nc1-c1ccc(COc2nc(-c3ccccc3C(F)(F)F)nc(C=N)c2N)cc1. The Morgan fingerprint density at radius 1 is 0.946 bits per heavy atom. The maximum atomic E-state index is 13.5. The van der Waals surface area contributed by atoms with E-state index in [1.165, 1.54) is 29.8 Å². The lowest BCUT2D eigenvalue weighted by atomic mass is 10.1. The van der Waals surface area contributed by atoms with Crippen LogP contribution in [0.1, 0.15) is 22.5 Å². The molecule has 2 aromatic heterocycles. The number of rotatable bonds is 6. The number of ether oxygens (including phenoxy) is 1. The van der Waals surface area contributed by atoms with Crippen LogP contribution < -0.4 is 10.5 Å². The van der Waals surface area contributed by atoms with E-state index in [1.54, 1.807) is 24.3 Å². The van der Waals surface area contributed by atoms with Gasteiger partial charge in [0.15, 0.2) is 11.5 Å². The monoisotopic (exact) mass is 520 g/mol. The summed E-state index contributed by atoms with van der Waals surface area (Å²) in [7, 11) is 1.45. The van der Waals surface area contributed by atoms with E-state index in [0.29, 0.717) is 11.1 Å². The molecule has 0 spiro atoms. The molecule has 0 aliphatic rings. The Kier molecular flexibility index (Phi) is 6.63. The van der Waals surface area contributed by atoms with E-state index >= 15 is 0 Å². The Balaban J connectivity index is 1.60. The van der Waals surface area contributed by atoms with E-state index in [9.17, 15) is 26.3 Å². The van der Waals surface area contributed by atoms with Crippen molar-refractivity contribution in [2.75, 3.05) is 5.73 Å². The highest BCUT2D eigenvalue weighted by molar-refractivity contribution is 5.85. The number of aryl methyl sites for hydroxylation is 1. The largest absolute Gasteiger partial charge is 0.471 e. The zero-order valence-corrected chi connectivity index (χ0v) is 19.0. The number of nitrogens with zero attached hydrogens (tertiary/aromatic N) is 4. The lowest BCUT2D eigenvalue weighted by Gasteiger charge is -2.15. The molecule has 37 heavy (non-hydrogen) atoms. The number of anilines is 1. The summed E-state index contributed by atoms with van der Waals surface area (Å²) in [6.45, 7) is -0.117. The van der Waals surface area contributed by atoms with Crippen molar-refractivity contribution in [2.24, 2.45) is 7.05 Å². The molecule has 0 amide bonds. The first kappa shape index (κ1) is 25.7. The second-order valence-electron chi connectivity index (χ2n) is 7.88. The third-order valence-electron chi connectivity index (χ3n) is 5.30. The summed E-state index contributed by atoms with van der Waals surface area (Å²) in [6, 6.07) is 11.0. The van der Waals surface area contributed by atoms with Crippen LogP contribution in [0.3, 0.4) is 0 Å². The Morgan fingerprint density at radius 3 is 2.22 bits per heavy atom. The van der Waals surface area contributed by atoms with E-state index < -0.39 is 23.6 Å². The van der Waals surface area contributed by atoms with Crippen LogP contribution in [0.4, 0.5) is 32.0 Å². The molecule has 13 heteroatoms. The van der Waals surface area contributed by atoms with Crippen molar-refractivity contribution in [1.82, 2.24) is 19.5 Å². The lowest BCUT2D eigenvalue weighted by molar-refractivity contribution is -0.141. The molecule has 4 rings (SSSR count). The van der Waals surface area contributed by atoms with Crippen LogP contribution >= 0.6 is 0 Å². The Labute approximate surface area is 206 Å². The molecule has 0 aliphatic heterocycles. The fourth-order valence-corrected chi connectivity index (χ4v) is 3.50. The van der Waals surface area contributed by atoms with Crippen LogP contribution in [0.5, 0.6) is 5.88 Å². The van der Waals surface area contributed by atoms with Gasteiger partial charge in [-0.05, 0) is 11.6 Å². The second kappa shape index (κ2) is 9.56. The third-order valence-corrected chi connectivity index (χ3v) is 5.30. The number of imidazole rings is 1. The van der Waals surface area contributed by atoms with Crippen molar-refractivity contribution in [3.8, 4) is 28.7 Å². The average Bonchev–Trinajstić information content (AvgIpc) is 3.25. The molecule has 192 valence electrons. The van der Waals surface area contributed by atoms with Crippen molar-refractivity contribution in [1.29, 1.82) is 5.41 Å². The van der Waals surface area contributed by atoms with Gasteiger partial charge in [0.2, 0.25) is 5.88 Å². The summed E-state index contributed by atoms with van der Waals surface area (Å²) in [6.07, 6.45) is -7.57. The van der Waals surface area contributed by atoms with Gasteiger partial charge in [-0.3, -0.25) is 0 Å². The highest BCUT2D eigenvalue weighted by Gasteiger charge is 2.35. The van der Waals surface area contributed by atoms with Gasteiger partial charge in [-0.1, -0.05) is 42.5 Å². The summed E-state index contributed by atoms with van der Waals surface area (Å²) >= 11 is 0. The second-order valence-corrected chi connectivity index (χ2v) is 7.88. The van der Waals surface area contributed by atoms with E-state index in [2.05, 4.69) is 15.0 Å². The van der Waals surface area contributed by atoms with Crippen LogP contribution in [0.2, 0.25) is 0 Å². The summed E-state index contributed by atoms with van der Waals surface area (Å²) in [5, 5.41) is 7.52. The van der Waals surface area contributed by atoms with Crippen molar-refractivity contribution in [2.45, 2.75) is 19.0 Å². The maximum absolute atomic E-state index is 13.5. The molecule has 0 radical (unpaired) electrons. The summed E-state index contributed by atoms with van der Waals surface area (Å²) < 4.78 is 86.2. The Bertz CT molecular complexity index is 1440. The number of nitrogen functional groups attached to an aromatic ring is 1. The third kappa shape index (κ3) is 5.39. The van der Waals surface area contributed by atoms with Crippen molar-refractivity contribution in [3.05, 3.63) is 77.2 Å². The first-order valence-electron chi connectivity index (χ1n) is 10.6. The number of hydrogen-bond donors (Lipinski definition) is 2. The zero-order chi connectivity index (χ0) is 27.0. The fourth-order valence-electron chi connectivity index (χ4n) is 3.50. The molecule has 0 saturated heterocycles. The number of halogens is 6. The molecule has 0 unspecified atom stereocenters. The molecule has 4 aromatic rings. The molecule has 0 bridgehead atoms. The maximum Gasteiger partial charge on any atom is 0.434 e. The molecular formula is C24H18F6N6O. The number of alkyl halides is 6. The van der Waals surface area contributed by atoms with E-state index in [1.807, 2.05) is 0 Å². The van der Waals surface area contributed by atoms with Gasteiger partial charge < -0.3 is 20.4 Å². The molecule has 0 fully saturated rings. The minimum atomic E-state index is -4.66. The number of nitrogens with two attached hydrogens (primary N) is 1. The van der Waals surface area contributed by atoms with Gasteiger partial charge in [0.1, 0.15) is 23.8 Å². The highest BCUT2D eigenvalue weighted by atomic mass is 19.4. The van der Waals surface area contributed by atoms with E-state index in [0.717, 1.165) is 18.5 Å². The van der Waals surface area contributed by atoms with Gasteiger partial charge in [0.25, 0.3) is 0 Å². The van der Waals surface area contributed by atoms with E-state index in [-0.39, 0.29) is 41.1 Å². The average molecular weight is 520 g/mol. The molecule has 0 aliphatic carbocycles. The molecule has 2 aromatic carbocycles. The Hall–Kier alpha value is -4.42. The summed E-state index contributed by atoms with van der Waals surface area (Å²) in [5.41, 5.74) is 4.43. The van der Waals surface area contributed by atoms with Crippen molar-refractivity contribution >= 4 is 11.9 Å². The molecule has 0 saturated carbocycles. The van der Waals surface area contributed by atoms with Gasteiger partial charge in [0, 0.05) is 30.6 Å². The minimum absolute atomic E-state index is 0.114. The van der Waals surface area contributed by atoms with Gasteiger partial charge >= 0.3 is 12.4 Å². The van der Waals surface area contributed by atoms with Crippen LogP contribution in [0.25, 0.3) is 22.8 Å². The van der Waals surface area contributed by atoms with E-state index in [4.69, 9.17) is 15.9 Å². The lowest BCUT2D eigenvalue weighted by Crippen LogP contribution is -2.11. The molecule has 7 nitrogen and oxygen atoms in total. The number of benzene rings is 2. The number of nitrogens with one attached hydrogen (secondary N) is 1. The molecule has 0 atom stereocenters. The van der Waals surface area contributed by atoms with Crippen molar-refractivity contribution in [3.63, 3.8) is 0 Å². The van der Waals surface area contributed by atoms with Gasteiger partial charge in [-0.2, -0.15) is 31.3 Å².